The molecule has 16 heteroatoms. The lowest BCUT2D eigenvalue weighted by Crippen LogP contribution is -2.54. The molecular weight excluding hydrogens is 714 g/mol. The lowest BCUT2D eigenvalue weighted by Gasteiger charge is -2.38. The smallest absolute Gasteiger partial charge is 0.411 e. The van der Waals surface area contributed by atoms with E-state index in [1.165, 1.54) is 36.4 Å². The lowest BCUT2D eigenvalue weighted by atomic mass is 9.73. The van der Waals surface area contributed by atoms with Crippen LogP contribution in [0.3, 0.4) is 0 Å². The summed E-state index contributed by atoms with van der Waals surface area (Å²) in [5, 5.41) is 0. The summed E-state index contributed by atoms with van der Waals surface area (Å²) in [4.78, 5) is 75.1. The molecule has 0 saturated heterocycles. The van der Waals surface area contributed by atoms with E-state index in [-0.39, 0.29) is 22.5 Å². The van der Waals surface area contributed by atoms with E-state index in [0.717, 1.165) is 70.5 Å². The van der Waals surface area contributed by atoms with Gasteiger partial charge >= 0.3 is 24.3 Å². The zero-order valence-electron chi connectivity index (χ0n) is 26.5. The van der Waals surface area contributed by atoms with E-state index < -0.39 is 76.0 Å². The van der Waals surface area contributed by atoms with Crippen molar-refractivity contribution in [3.8, 4) is 11.5 Å². The second kappa shape index (κ2) is 13.4. The molecule has 53 heavy (non-hydrogen) atoms. The number of alkyl halides is 6. The van der Waals surface area contributed by atoms with Crippen molar-refractivity contribution >= 4 is 46.9 Å². The molecule has 0 radical (unpaired) electrons. The van der Waals surface area contributed by atoms with Crippen molar-refractivity contribution in [2.24, 2.45) is 0 Å². The minimum atomic E-state index is -5.97. The van der Waals surface area contributed by atoms with Gasteiger partial charge in [0.15, 0.2) is 0 Å². The molecule has 0 N–H and O–H groups in total. The number of halogens is 6. The molecule has 0 saturated carbocycles. The average Bonchev–Trinajstić information content (AvgIpc) is 3.63. The highest BCUT2D eigenvalue weighted by Gasteiger charge is 2.72. The van der Waals surface area contributed by atoms with Crippen molar-refractivity contribution in [2.75, 3.05) is 9.80 Å². The predicted octanol–water partition coefficient (Wildman–Crippen LogP) is 6.39. The number of ether oxygens (including phenoxy) is 2. The van der Waals surface area contributed by atoms with Crippen LogP contribution in [0.25, 0.3) is 0 Å². The van der Waals surface area contributed by atoms with Gasteiger partial charge in [0, 0.05) is 24.3 Å². The SMILES string of the molecule is O=C(Oc1ccc(C(c2ccc(OC(=O)c3cccc(N4C(=O)C=CC4=O)c3)cc2)(C(F)(F)F)C(F)(F)F)cc1)c1cccc(N2C(=O)C=CC2=O)c1. The van der Waals surface area contributed by atoms with Crippen LogP contribution in [0.15, 0.2) is 121 Å². The highest BCUT2D eigenvalue weighted by molar-refractivity contribution is 6.29. The average molecular weight is 735 g/mol. The summed E-state index contributed by atoms with van der Waals surface area (Å²) in [6.45, 7) is 0. The first-order chi connectivity index (χ1) is 25.0. The Morgan fingerprint density at radius 2 is 0.792 bits per heavy atom. The molecule has 0 unspecified atom stereocenters. The van der Waals surface area contributed by atoms with E-state index in [0.29, 0.717) is 24.3 Å². The van der Waals surface area contributed by atoms with Gasteiger partial charge in [-0.05, 0) is 71.8 Å². The fourth-order valence-electron chi connectivity index (χ4n) is 5.71. The molecule has 4 amide bonds. The molecule has 6 rings (SSSR count). The van der Waals surface area contributed by atoms with Crippen LogP contribution >= 0.6 is 0 Å². The van der Waals surface area contributed by atoms with Crippen LogP contribution in [0.4, 0.5) is 37.7 Å². The van der Waals surface area contributed by atoms with Crippen LogP contribution in [0.5, 0.6) is 11.5 Å². The Hall–Kier alpha value is -6.84. The number of imide groups is 2. The Bertz CT molecular complexity index is 2050. The largest absolute Gasteiger partial charge is 0.423 e. The fraction of sp³-hybridized carbons (Fsp3) is 0.0811. The summed E-state index contributed by atoms with van der Waals surface area (Å²) >= 11 is 0. The number of hydrogen-bond acceptors (Lipinski definition) is 8. The number of hydrogen-bond donors (Lipinski definition) is 0. The molecule has 4 aromatic carbocycles. The van der Waals surface area contributed by atoms with Gasteiger partial charge in [0.25, 0.3) is 23.6 Å². The first-order valence-corrected chi connectivity index (χ1v) is 15.1. The zero-order chi connectivity index (χ0) is 38.3. The second-order valence-electron chi connectivity index (χ2n) is 11.4. The van der Waals surface area contributed by atoms with E-state index >= 15 is 0 Å². The topological polar surface area (TPSA) is 127 Å². The van der Waals surface area contributed by atoms with Gasteiger partial charge in [0.2, 0.25) is 5.41 Å². The quantitative estimate of drug-likeness (QED) is 0.0882. The van der Waals surface area contributed by atoms with E-state index in [1.807, 2.05) is 0 Å². The third-order valence-electron chi connectivity index (χ3n) is 8.14. The summed E-state index contributed by atoms with van der Waals surface area (Å²) < 4.78 is 98.8. The summed E-state index contributed by atoms with van der Waals surface area (Å²) in [5.41, 5.74) is -7.46. The minimum absolute atomic E-state index is 0.0237. The van der Waals surface area contributed by atoms with Crippen LogP contribution < -0.4 is 19.3 Å². The van der Waals surface area contributed by atoms with Crippen LogP contribution in [0.2, 0.25) is 0 Å². The van der Waals surface area contributed by atoms with Crippen molar-refractivity contribution in [1.29, 1.82) is 0 Å². The van der Waals surface area contributed by atoms with E-state index in [4.69, 9.17) is 9.47 Å². The van der Waals surface area contributed by atoms with Gasteiger partial charge in [0.1, 0.15) is 11.5 Å². The number of carbonyl (C=O) groups excluding carboxylic acids is 6. The Morgan fingerprint density at radius 3 is 1.09 bits per heavy atom. The maximum Gasteiger partial charge on any atom is 0.411 e. The third-order valence-corrected chi connectivity index (χ3v) is 8.14. The Kier molecular flexibility index (Phi) is 9.07. The van der Waals surface area contributed by atoms with Gasteiger partial charge in [-0.2, -0.15) is 26.3 Å². The number of carbonyl (C=O) groups is 6. The van der Waals surface area contributed by atoms with Crippen LogP contribution in [-0.2, 0) is 24.6 Å². The van der Waals surface area contributed by atoms with Crippen molar-refractivity contribution in [1.82, 2.24) is 0 Å². The lowest BCUT2D eigenvalue weighted by molar-refractivity contribution is -0.288. The van der Waals surface area contributed by atoms with Crippen LogP contribution in [0.1, 0.15) is 31.8 Å². The Labute approximate surface area is 294 Å². The monoisotopic (exact) mass is 734 g/mol. The molecule has 4 aromatic rings. The first kappa shape index (κ1) is 36.0. The molecule has 0 aliphatic carbocycles. The predicted molar refractivity (Wildman–Crippen MR) is 172 cm³/mol. The summed E-state index contributed by atoms with van der Waals surface area (Å²) in [5.74, 6) is -5.67. The second-order valence-corrected chi connectivity index (χ2v) is 11.4. The molecule has 0 spiro atoms. The van der Waals surface area contributed by atoms with Crippen LogP contribution in [-0.4, -0.2) is 47.9 Å². The standard InChI is InChI=1S/C37H20F6N2O8/c38-36(39,40)35(37(41,42)43,23-7-11-27(12-8-23)52-33(50)21-3-1-5-25(19-21)44-29(46)15-16-30(44)47)24-9-13-28(14-10-24)53-34(51)22-4-2-6-26(20-22)45-31(48)17-18-32(45)49/h1-20H. The van der Waals surface area contributed by atoms with Crippen molar-refractivity contribution in [3.63, 3.8) is 0 Å². The van der Waals surface area contributed by atoms with Gasteiger partial charge in [-0.1, -0.05) is 36.4 Å². The number of benzene rings is 4. The highest BCUT2D eigenvalue weighted by atomic mass is 19.4. The van der Waals surface area contributed by atoms with Gasteiger partial charge in [-0.25, -0.2) is 19.4 Å². The molecule has 10 nitrogen and oxygen atoms in total. The summed E-state index contributed by atoms with van der Waals surface area (Å²) in [7, 11) is 0. The molecule has 268 valence electrons. The molecule has 2 heterocycles. The number of nitrogens with zero attached hydrogens (tertiary/aromatic N) is 2. The van der Waals surface area contributed by atoms with Crippen molar-refractivity contribution in [2.45, 2.75) is 17.8 Å². The maximum atomic E-state index is 14.7. The molecular formula is C37H20F6N2O8. The molecule has 0 fully saturated rings. The molecule has 0 bridgehead atoms. The molecule has 0 atom stereocenters. The van der Waals surface area contributed by atoms with E-state index in [2.05, 4.69) is 0 Å². The fourth-order valence-corrected chi connectivity index (χ4v) is 5.71. The van der Waals surface area contributed by atoms with Crippen molar-refractivity contribution < 1.29 is 64.6 Å². The van der Waals surface area contributed by atoms with Gasteiger partial charge in [-0.15, -0.1) is 0 Å². The molecule has 2 aliphatic rings. The van der Waals surface area contributed by atoms with Gasteiger partial charge in [-0.3, -0.25) is 19.2 Å². The summed E-state index contributed by atoms with van der Waals surface area (Å²) in [6, 6.07) is 15.1. The van der Waals surface area contributed by atoms with Crippen LogP contribution in [0, 0.1) is 0 Å². The number of esters is 2. The molecule has 2 aliphatic heterocycles. The zero-order valence-corrected chi connectivity index (χ0v) is 26.5. The number of amides is 4. The summed E-state index contributed by atoms with van der Waals surface area (Å²) in [6.07, 6.45) is -7.86. The first-order valence-electron chi connectivity index (χ1n) is 15.1. The highest BCUT2D eigenvalue weighted by Crippen LogP contribution is 2.56. The van der Waals surface area contributed by atoms with Gasteiger partial charge < -0.3 is 9.47 Å². The maximum absolute atomic E-state index is 14.7. The van der Waals surface area contributed by atoms with Crippen molar-refractivity contribution in [3.05, 3.63) is 144 Å². The van der Waals surface area contributed by atoms with Gasteiger partial charge in [0.05, 0.1) is 22.5 Å². The Morgan fingerprint density at radius 1 is 0.472 bits per heavy atom. The number of anilines is 2. The minimum Gasteiger partial charge on any atom is -0.423 e. The third kappa shape index (κ3) is 6.57. The van der Waals surface area contributed by atoms with E-state index in [1.54, 1.807) is 0 Å². The number of rotatable bonds is 8. The van der Waals surface area contributed by atoms with E-state index in [9.17, 15) is 55.1 Å². The molecule has 0 aromatic heterocycles. The normalized spacial score (nSPS) is 14.7. The Balaban J connectivity index is 1.24.